The summed E-state index contributed by atoms with van der Waals surface area (Å²) in [4.78, 5) is 4.52. The molecule has 14 heavy (non-hydrogen) atoms. The molecule has 0 amide bonds. The molecule has 2 aromatic heterocycles. The van der Waals surface area contributed by atoms with Crippen molar-refractivity contribution >= 4 is 5.52 Å². The molecule has 2 aromatic rings. The number of rotatable bonds is 2. The van der Waals surface area contributed by atoms with E-state index >= 15 is 0 Å². The zero-order valence-corrected chi connectivity index (χ0v) is 8.62. The molecule has 0 radical (unpaired) electrons. The predicted octanol–water partition coefficient (Wildman–Crippen LogP) is 1.45. The Morgan fingerprint density at radius 2 is 2.21 bits per heavy atom. The molecule has 0 unspecified atom stereocenters. The molecule has 0 fully saturated rings. The van der Waals surface area contributed by atoms with E-state index in [0.717, 1.165) is 17.9 Å². The summed E-state index contributed by atoms with van der Waals surface area (Å²) in [6.07, 6.45) is 2.88. The van der Waals surface area contributed by atoms with Gasteiger partial charge in [0.05, 0.1) is 11.2 Å². The molecule has 0 spiro atoms. The number of nitrogens with zero attached hydrogens (tertiary/aromatic N) is 2. The first-order valence-electron chi connectivity index (χ1n) is 4.87. The van der Waals surface area contributed by atoms with Gasteiger partial charge >= 0.3 is 0 Å². The predicted molar refractivity (Wildman–Crippen MR) is 57.4 cm³/mol. The maximum Gasteiger partial charge on any atom is 0.114 e. The smallest absolute Gasteiger partial charge is 0.114 e. The lowest BCUT2D eigenvalue weighted by molar-refractivity contribution is 0.859. The van der Waals surface area contributed by atoms with Gasteiger partial charge in [-0.15, -0.1) is 0 Å². The fraction of sp³-hybridized carbons (Fsp3) is 0.364. The molecule has 74 valence electrons. The maximum atomic E-state index is 5.55. The molecule has 0 saturated carbocycles. The number of fused-ring (bicyclic) bond motifs is 1. The van der Waals surface area contributed by atoms with Gasteiger partial charge in [0.15, 0.2) is 0 Å². The minimum Gasteiger partial charge on any atom is -0.330 e. The van der Waals surface area contributed by atoms with E-state index in [4.69, 9.17) is 5.73 Å². The van der Waals surface area contributed by atoms with Crippen molar-refractivity contribution in [2.45, 2.75) is 20.3 Å². The minimum absolute atomic E-state index is 0.645. The van der Waals surface area contributed by atoms with E-state index in [1.807, 2.05) is 19.2 Å². The van der Waals surface area contributed by atoms with Crippen molar-refractivity contribution in [2.75, 3.05) is 6.54 Å². The van der Waals surface area contributed by atoms with Crippen LogP contribution >= 0.6 is 0 Å². The molecular formula is C11H15N3. The van der Waals surface area contributed by atoms with Crippen molar-refractivity contribution in [3.8, 4) is 0 Å². The van der Waals surface area contributed by atoms with Crippen LogP contribution in [0.2, 0.25) is 0 Å². The van der Waals surface area contributed by atoms with Crippen molar-refractivity contribution in [3.05, 3.63) is 35.4 Å². The third kappa shape index (κ3) is 1.30. The highest BCUT2D eigenvalue weighted by Gasteiger charge is 2.07. The lowest BCUT2D eigenvalue weighted by Gasteiger charge is -2.01. The van der Waals surface area contributed by atoms with Gasteiger partial charge in [0.1, 0.15) is 5.82 Å². The van der Waals surface area contributed by atoms with Crippen molar-refractivity contribution in [1.82, 2.24) is 9.38 Å². The highest BCUT2D eigenvalue weighted by molar-refractivity contribution is 5.58. The van der Waals surface area contributed by atoms with Gasteiger partial charge < -0.3 is 10.1 Å². The minimum atomic E-state index is 0.645. The Morgan fingerprint density at radius 1 is 1.43 bits per heavy atom. The summed E-state index contributed by atoms with van der Waals surface area (Å²) >= 11 is 0. The van der Waals surface area contributed by atoms with Gasteiger partial charge in [-0.3, -0.25) is 0 Å². The molecule has 3 nitrogen and oxygen atoms in total. The number of hydrogen-bond donors (Lipinski definition) is 1. The van der Waals surface area contributed by atoms with Gasteiger partial charge in [-0.1, -0.05) is 6.07 Å². The second-order valence-electron chi connectivity index (χ2n) is 3.56. The Bertz CT molecular complexity index is 457. The molecule has 0 aliphatic carbocycles. The molecule has 0 aromatic carbocycles. The van der Waals surface area contributed by atoms with Crippen LogP contribution in [0.4, 0.5) is 0 Å². The molecule has 0 aliphatic rings. The number of aryl methyl sites for hydroxylation is 2. The van der Waals surface area contributed by atoms with Crippen LogP contribution < -0.4 is 5.73 Å². The molecule has 3 heteroatoms. The van der Waals surface area contributed by atoms with Crippen molar-refractivity contribution < 1.29 is 0 Å². The Morgan fingerprint density at radius 3 is 2.93 bits per heavy atom. The Kier molecular flexibility index (Phi) is 2.25. The largest absolute Gasteiger partial charge is 0.330 e. The van der Waals surface area contributed by atoms with Crippen LogP contribution in [0.15, 0.2) is 18.3 Å². The number of aromatic nitrogens is 2. The Balaban J connectivity index is 2.71. The summed E-state index contributed by atoms with van der Waals surface area (Å²) in [7, 11) is 0. The van der Waals surface area contributed by atoms with E-state index in [2.05, 4.69) is 22.4 Å². The first-order chi connectivity index (χ1) is 6.74. The zero-order chi connectivity index (χ0) is 10.1. The van der Waals surface area contributed by atoms with Crippen molar-refractivity contribution in [1.29, 1.82) is 0 Å². The van der Waals surface area contributed by atoms with Crippen LogP contribution in [0.5, 0.6) is 0 Å². The highest BCUT2D eigenvalue weighted by Crippen LogP contribution is 2.16. The van der Waals surface area contributed by atoms with Gasteiger partial charge in [0, 0.05) is 12.6 Å². The lowest BCUT2D eigenvalue weighted by Crippen LogP contribution is -2.06. The molecule has 2 N–H and O–H groups in total. The fourth-order valence-electron chi connectivity index (χ4n) is 1.90. The molecule has 0 bridgehead atoms. The number of imidazole rings is 1. The lowest BCUT2D eigenvalue weighted by atomic mass is 10.2. The molecule has 2 heterocycles. The first-order valence-corrected chi connectivity index (χ1v) is 4.87. The molecule has 2 rings (SSSR count). The summed E-state index contributed by atoms with van der Waals surface area (Å²) in [5.74, 6) is 1.06. The maximum absolute atomic E-state index is 5.55. The third-order valence-electron chi connectivity index (χ3n) is 2.48. The SMILES string of the molecule is Cc1cccn2c(CCN)nc(C)c12. The van der Waals surface area contributed by atoms with E-state index < -0.39 is 0 Å². The van der Waals surface area contributed by atoms with E-state index in [1.54, 1.807) is 0 Å². The summed E-state index contributed by atoms with van der Waals surface area (Å²) in [6, 6.07) is 4.15. The van der Waals surface area contributed by atoms with Crippen LogP contribution in [-0.2, 0) is 6.42 Å². The summed E-state index contributed by atoms with van der Waals surface area (Å²) in [6.45, 7) is 4.80. The van der Waals surface area contributed by atoms with Crippen LogP contribution in [0.25, 0.3) is 5.52 Å². The Hall–Kier alpha value is -1.35. The van der Waals surface area contributed by atoms with Crippen molar-refractivity contribution in [2.24, 2.45) is 5.73 Å². The molecule has 0 aliphatic heterocycles. The van der Waals surface area contributed by atoms with Gasteiger partial charge in [0.2, 0.25) is 0 Å². The van der Waals surface area contributed by atoms with E-state index in [-0.39, 0.29) is 0 Å². The second-order valence-corrected chi connectivity index (χ2v) is 3.56. The second kappa shape index (κ2) is 3.42. The molecule has 0 atom stereocenters. The van der Waals surface area contributed by atoms with E-state index in [1.165, 1.54) is 11.1 Å². The topological polar surface area (TPSA) is 43.3 Å². The number of nitrogens with two attached hydrogens (primary N) is 1. The molecular weight excluding hydrogens is 174 g/mol. The molecule has 0 saturated heterocycles. The van der Waals surface area contributed by atoms with E-state index in [9.17, 15) is 0 Å². The van der Waals surface area contributed by atoms with Gasteiger partial charge in [-0.2, -0.15) is 0 Å². The standard InChI is InChI=1S/C11H15N3/c1-8-4-3-7-14-10(5-6-12)13-9(2)11(8)14/h3-4,7H,5-6,12H2,1-2H3. The van der Waals surface area contributed by atoms with Crippen molar-refractivity contribution in [3.63, 3.8) is 0 Å². The average molecular weight is 189 g/mol. The quantitative estimate of drug-likeness (QED) is 0.777. The third-order valence-corrected chi connectivity index (χ3v) is 2.48. The highest BCUT2D eigenvalue weighted by atomic mass is 15.0. The normalized spacial score (nSPS) is 11.1. The number of pyridine rings is 1. The monoisotopic (exact) mass is 189 g/mol. The van der Waals surface area contributed by atoms with Gasteiger partial charge in [-0.05, 0) is 32.0 Å². The summed E-state index contributed by atoms with van der Waals surface area (Å²) in [5, 5.41) is 0. The number of hydrogen-bond acceptors (Lipinski definition) is 2. The average Bonchev–Trinajstić information content (AvgIpc) is 2.46. The van der Waals surface area contributed by atoms with E-state index in [0.29, 0.717) is 6.54 Å². The van der Waals surface area contributed by atoms with Crippen LogP contribution in [0.3, 0.4) is 0 Å². The van der Waals surface area contributed by atoms with Crippen LogP contribution in [-0.4, -0.2) is 15.9 Å². The fourth-order valence-corrected chi connectivity index (χ4v) is 1.90. The van der Waals surface area contributed by atoms with Gasteiger partial charge in [0.25, 0.3) is 0 Å². The van der Waals surface area contributed by atoms with Gasteiger partial charge in [-0.25, -0.2) is 4.98 Å². The first kappa shape index (κ1) is 9.21. The zero-order valence-electron chi connectivity index (χ0n) is 8.62. The van der Waals surface area contributed by atoms with Crippen LogP contribution in [0, 0.1) is 13.8 Å². The van der Waals surface area contributed by atoms with Crippen LogP contribution in [0.1, 0.15) is 17.1 Å². The Labute approximate surface area is 83.6 Å². The summed E-state index contributed by atoms with van der Waals surface area (Å²) < 4.78 is 2.14. The summed E-state index contributed by atoms with van der Waals surface area (Å²) in [5.41, 5.74) is 9.12.